The molecule has 118 valence electrons. The van der Waals surface area contributed by atoms with Gasteiger partial charge in [-0.1, -0.05) is 24.3 Å². The molecule has 6 heteroatoms. The fourth-order valence-corrected chi connectivity index (χ4v) is 2.55. The molecule has 1 aliphatic rings. The first-order valence-electron chi connectivity index (χ1n) is 6.92. The Labute approximate surface area is 128 Å². The molecule has 1 aromatic carbocycles. The van der Waals surface area contributed by atoms with Gasteiger partial charge in [-0.25, -0.2) is 18.4 Å². The van der Waals surface area contributed by atoms with E-state index in [4.69, 9.17) is 11.3 Å². The van der Waals surface area contributed by atoms with Crippen LogP contribution in [-0.4, -0.2) is 17.6 Å². The average molecular weight is 308 g/mol. The van der Waals surface area contributed by atoms with Gasteiger partial charge in [-0.3, -0.25) is 0 Å². The predicted octanol–water partition coefficient (Wildman–Crippen LogP) is 4.39. The number of nitrogens with zero attached hydrogens (tertiary/aromatic N) is 1. The minimum atomic E-state index is -2.81. The third kappa shape index (κ3) is 3.53. The number of carbonyl (C=O) groups is 1. The van der Waals surface area contributed by atoms with Crippen LogP contribution in [0, 0.1) is 6.57 Å². The molecule has 1 N–H and O–H groups in total. The Kier molecular flexibility index (Phi) is 3.86. The highest BCUT2D eigenvalue weighted by atomic mass is 19.3. The Morgan fingerprint density at radius 3 is 2.23 bits per heavy atom. The molecule has 0 aliphatic heterocycles. The smallest absolute Gasteiger partial charge is 0.408 e. The fraction of sp³-hybridized carbons (Fsp3) is 0.500. The quantitative estimate of drug-likeness (QED) is 0.824. The number of amides is 1. The van der Waals surface area contributed by atoms with Gasteiger partial charge in [0.1, 0.15) is 5.60 Å². The Morgan fingerprint density at radius 1 is 1.27 bits per heavy atom. The maximum absolute atomic E-state index is 13.4. The van der Waals surface area contributed by atoms with Crippen LogP contribution in [-0.2, 0) is 10.3 Å². The summed E-state index contributed by atoms with van der Waals surface area (Å²) in [7, 11) is 0. The van der Waals surface area contributed by atoms with Crippen molar-refractivity contribution in [2.45, 2.75) is 50.7 Å². The first kappa shape index (κ1) is 16.2. The molecule has 0 atom stereocenters. The number of rotatable bonds is 2. The summed E-state index contributed by atoms with van der Waals surface area (Å²) in [5.74, 6) is -2.81. The van der Waals surface area contributed by atoms with Crippen molar-refractivity contribution in [1.29, 1.82) is 0 Å². The summed E-state index contributed by atoms with van der Waals surface area (Å²) in [5.41, 5.74) is -0.878. The van der Waals surface area contributed by atoms with Crippen molar-refractivity contribution in [3.63, 3.8) is 0 Å². The fourth-order valence-electron chi connectivity index (χ4n) is 2.55. The van der Waals surface area contributed by atoms with Gasteiger partial charge < -0.3 is 10.1 Å². The minimum Gasteiger partial charge on any atom is -0.444 e. The van der Waals surface area contributed by atoms with E-state index >= 15 is 0 Å². The molecule has 0 saturated heterocycles. The molecule has 0 spiro atoms. The van der Waals surface area contributed by atoms with Crippen molar-refractivity contribution in [2.75, 3.05) is 0 Å². The normalized spacial score (nSPS) is 18.7. The molecule has 1 aliphatic carbocycles. The number of nitrogens with one attached hydrogen (secondary N) is 1. The second-order valence-corrected chi connectivity index (χ2v) is 6.58. The number of hydrogen-bond donors (Lipinski definition) is 1. The molecule has 0 radical (unpaired) electrons. The highest BCUT2D eigenvalue weighted by Crippen LogP contribution is 2.51. The van der Waals surface area contributed by atoms with Gasteiger partial charge in [0.15, 0.2) is 5.69 Å². The van der Waals surface area contributed by atoms with Crippen molar-refractivity contribution in [2.24, 2.45) is 0 Å². The molecule has 1 amide bonds. The lowest BCUT2D eigenvalue weighted by Crippen LogP contribution is -2.60. The van der Waals surface area contributed by atoms with Gasteiger partial charge in [0, 0.05) is 12.8 Å². The molecular formula is C16H18F2N2O2. The number of ether oxygens (including phenoxy) is 1. The Hall–Kier alpha value is -2.16. The van der Waals surface area contributed by atoms with Gasteiger partial charge in [-0.15, -0.1) is 0 Å². The van der Waals surface area contributed by atoms with Gasteiger partial charge in [-0.2, -0.15) is 0 Å². The SMILES string of the molecule is [C-]#[N+]c1ccc(C2(NC(=O)OC(C)(C)C)CC(F)(F)C2)cc1. The number of alkyl carbamates (subject to hydrolysis) is 1. The average Bonchev–Trinajstić information content (AvgIpc) is 2.34. The molecular weight excluding hydrogens is 290 g/mol. The molecule has 1 aromatic rings. The maximum Gasteiger partial charge on any atom is 0.408 e. The van der Waals surface area contributed by atoms with Crippen molar-refractivity contribution in [3.8, 4) is 0 Å². The summed E-state index contributed by atoms with van der Waals surface area (Å²) in [6, 6.07) is 6.30. The highest BCUT2D eigenvalue weighted by molar-refractivity contribution is 5.70. The summed E-state index contributed by atoms with van der Waals surface area (Å²) >= 11 is 0. The first-order chi connectivity index (χ1) is 10.1. The second-order valence-electron chi connectivity index (χ2n) is 6.58. The standard InChI is InChI=1S/C16H18F2N2O2/c1-14(2,3)22-13(21)20-15(9-16(17,18)10-15)11-5-7-12(19-4)8-6-11/h5-8H,9-10H2,1-3H3,(H,20,21). The Morgan fingerprint density at radius 2 is 1.82 bits per heavy atom. The van der Waals surface area contributed by atoms with Crippen LogP contribution in [0.1, 0.15) is 39.2 Å². The third-order valence-corrected chi connectivity index (χ3v) is 3.41. The number of benzene rings is 1. The van der Waals surface area contributed by atoms with E-state index in [1.54, 1.807) is 45.0 Å². The number of alkyl halides is 2. The van der Waals surface area contributed by atoms with E-state index < -0.39 is 36.0 Å². The zero-order chi connectivity index (χ0) is 16.6. The van der Waals surface area contributed by atoms with Gasteiger partial charge in [-0.05, 0) is 26.3 Å². The van der Waals surface area contributed by atoms with E-state index in [2.05, 4.69) is 10.2 Å². The van der Waals surface area contributed by atoms with E-state index in [0.29, 0.717) is 11.3 Å². The van der Waals surface area contributed by atoms with Crippen LogP contribution < -0.4 is 5.32 Å². The maximum atomic E-state index is 13.4. The molecule has 0 aromatic heterocycles. The van der Waals surface area contributed by atoms with E-state index in [1.165, 1.54) is 0 Å². The first-order valence-corrected chi connectivity index (χ1v) is 6.92. The summed E-state index contributed by atoms with van der Waals surface area (Å²) < 4.78 is 32.0. The van der Waals surface area contributed by atoms with E-state index in [1.807, 2.05) is 0 Å². The minimum absolute atomic E-state index is 0.419. The molecule has 2 rings (SSSR count). The van der Waals surface area contributed by atoms with Gasteiger partial charge in [0.2, 0.25) is 0 Å². The van der Waals surface area contributed by atoms with E-state index in [-0.39, 0.29) is 0 Å². The van der Waals surface area contributed by atoms with Crippen LogP contribution in [0.15, 0.2) is 24.3 Å². The van der Waals surface area contributed by atoms with Gasteiger partial charge in [0.05, 0.1) is 12.1 Å². The topological polar surface area (TPSA) is 42.7 Å². The Bertz CT molecular complexity index is 605. The van der Waals surface area contributed by atoms with Crippen molar-refractivity contribution in [1.82, 2.24) is 5.32 Å². The van der Waals surface area contributed by atoms with Crippen LogP contribution in [0.5, 0.6) is 0 Å². The summed E-state index contributed by atoms with van der Waals surface area (Å²) in [5, 5.41) is 2.58. The zero-order valence-corrected chi connectivity index (χ0v) is 12.7. The van der Waals surface area contributed by atoms with Crippen molar-refractivity contribution < 1.29 is 18.3 Å². The summed E-state index contributed by atoms with van der Waals surface area (Å²) in [4.78, 5) is 15.2. The summed E-state index contributed by atoms with van der Waals surface area (Å²) in [6.45, 7) is 12.0. The van der Waals surface area contributed by atoms with Gasteiger partial charge >= 0.3 is 6.09 Å². The predicted molar refractivity (Wildman–Crippen MR) is 77.9 cm³/mol. The molecule has 1 saturated carbocycles. The van der Waals surface area contributed by atoms with Crippen LogP contribution >= 0.6 is 0 Å². The molecule has 0 unspecified atom stereocenters. The summed E-state index contributed by atoms with van der Waals surface area (Å²) in [6.07, 6.45) is -1.68. The van der Waals surface area contributed by atoms with Gasteiger partial charge in [0.25, 0.3) is 5.92 Å². The lowest BCUT2D eigenvalue weighted by Gasteiger charge is -2.48. The molecule has 0 heterocycles. The van der Waals surface area contributed by atoms with Crippen LogP contribution in [0.2, 0.25) is 0 Å². The van der Waals surface area contributed by atoms with Crippen LogP contribution in [0.3, 0.4) is 0 Å². The van der Waals surface area contributed by atoms with E-state index in [9.17, 15) is 13.6 Å². The van der Waals surface area contributed by atoms with E-state index in [0.717, 1.165) is 0 Å². The zero-order valence-electron chi connectivity index (χ0n) is 12.7. The van der Waals surface area contributed by atoms with Crippen LogP contribution in [0.4, 0.5) is 19.3 Å². The van der Waals surface area contributed by atoms with Crippen molar-refractivity contribution >= 4 is 11.8 Å². The number of carbonyl (C=O) groups excluding carboxylic acids is 1. The number of hydrogen-bond acceptors (Lipinski definition) is 2. The largest absolute Gasteiger partial charge is 0.444 e. The monoisotopic (exact) mass is 308 g/mol. The molecule has 1 fully saturated rings. The Balaban J connectivity index is 2.22. The molecule has 0 bridgehead atoms. The lowest BCUT2D eigenvalue weighted by molar-refractivity contribution is -0.136. The highest BCUT2D eigenvalue weighted by Gasteiger charge is 2.58. The van der Waals surface area contributed by atoms with Crippen molar-refractivity contribution in [3.05, 3.63) is 41.2 Å². The number of halogens is 2. The molecule has 4 nitrogen and oxygen atoms in total. The van der Waals surface area contributed by atoms with Crippen LogP contribution in [0.25, 0.3) is 4.85 Å². The second kappa shape index (κ2) is 5.24. The third-order valence-electron chi connectivity index (χ3n) is 3.41. The molecule has 22 heavy (non-hydrogen) atoms. The lowest BCUT2D eigenvalue weighted by atomic mass is 9.69.